The molecule has 0 radical (unpaired) electrons. The Labute approximate surface area is 105 Å². The standard InChI is InChI=1S/C13H27NO3/c1-9(2)8-10(13(6,7)16)14-11(15)17-12(3,4)5/h9-10,16H,8H2,1-7H3,(H,14,15)/t10-/m1/s1. The van der Waals surface area contributed by atoms with Crippen LogP contribution in [0, 0.1) is 5.92 Å². The summed E-state index contributed by atoms with van der Waals surface area (Å²) in [5.41, 5.74) is -1.48. The molecule has 0 aromatic carbocycles. The third kappa shape index (κ3) is 8.02. The van der Waals surface area contributed by atoms with Gasteiger partial charge < -0.3 is 15.2 Å². The fraction of sp³-hybridized carbons (Fsp3) is 0.923. The molecule has 0 rings (SSSR count). The first-order chi connectivity index (χ1) is 7.42. The van der Waals surface area contributed by atoms with Crippen LogP contribution >= 0.6 is 0 Å². The molecule has 4 nitrogen and oxygen atoms in total. The van der Waals surface area contributed by atoms with Crippen LogP contribution in [0.5, 0.6) is 0 Å². The molecule has 102 valence electrons. The lowest BCUT2D eigenvalue weighted by molar-refractivity contribution is 0.0119. The Morgan fingerprint density at radius 3 is 2.00 bits per heavy atom. The minimum absolute atomic E-state index is 0.308. The number of ether oxygens (including phenoxy) is 1. The van der Waals surface area contributed by atoms with Crippen LogP contribution in [0.25, 0.3) is 0 Å². The van der Waals surface area contributed by atoms with Gasteiger partial charge >= 0.3 is 6.09 Å². The molecule has 0 saturated heterocycles. The second-order valence-electron chi connectivity index (χ2n) is 6.48. The van der Waals surface area contributed by atoms with E-state index in [-0.39, 0.29) is 6.04 Å². The third-order valence-corrected chi connectivity index (χ3v) is 2.25. The zero-order chi connectivity index (χ0) is 13.9. The maximum Gasteiger partial charge on any atom is 0.407 e. The van der Waals surface area contributed by atoms with Crippen LogP contribution in [0.2, 0.25) is 0 Å². The Balaban J connectivity index is 4.50. The molecule has 0 aliphatic heterocycles. The number of nitrogens with one attached hydrogen (secondary N) is 1. The number of carbonyl (C=O) groups is 1. The van der Waals surface area contributed by atoms with Crippen molar-refractivity contribution in [2.45, 2.75) is 72.1 Å². The van der Waals surface area contributed by atoms with E-state index < -0.39 is 17.3 Å². The lowest BCUT2D eigenvalue weighted by Crippen LogP contribution is -2.51. The van der Waals surface area contributed by atoms with Gasteiger partial charge in [-0.05, 0) is 47.0 Å². The van der Waals surface area contributed by atoms with Crippen molar-refractivity contribution in [3.63, 3.8) is 0 Å². The molecule has 2 N–H and O–H groups in total. The largest absolute Gasteiger partial charge is 0.444 e. The Bertz CT molecular complexity index is 248. The molecule has 1 amide bonds. The average Bonchev–Trinajstić information content (AvgIpc) is 1.95. The maximum absolute atomic E-state index is 11.7. The summed E-state index contributed by atoms with van der Waals surface area (Å²) < 4.78 is 5.18. The first-order valence-electron chi connectivity index (χ1n) is 6.13. The summed E-state index contributed by atoms with van der Waals surface area (Å²) in [6.45, 7) is 12.9. The Morgan fingerprint density at radius 2 is 1.71 bits per heavy atom. The smallest absolute Gasteiger partial charge is 0.407 e. The van der Waals surface area contributed by atoms with Gasteiger partial charge in [-0.15, -0.1) is 0 Å². The predicted octanol–water partition coefficient (Wildman–Crippen LogP) is 2.70. The first kappa shape index (κ1) is 16.2. The predicted molar refractivity (Wildman–Crippen MR) is 68.9 cm³/mol. The van der Waals surface area contributed by atoms with Gasteiger partial charge in [-0.2, -0.15) is 0 Å². The van der Waals surface area contributed by atoms with Crippen LogP contribution in [0.3, 0.4) is 0 Å². The number of hydrogen-bond donors (Lipinski definition) is 2. The van der Waals surface area contributed by atoms with Crippen LogP contribution in [0.15, 0.2) is 0 Å². The molecule has 0 unspecified atom stereocenters. The highest BCUT2D eigenvalue weighted by Gasteiger charge is 2.30. The van der Waals surface area contributed by atoms with Crippen molar-refractivity contribution in [2.75, 3.05) is 0 Å². The Kier molecular flexibility index (Phi) is 5.46. The van der Waals surface area contributed by atoms with E-state index in [1.165, 1.54) is 0 Å². The quantitative estimate of drug-likeness (QED) is 0.800. The van der Waals surface area contributed by atoms with Crippen molar-refractivity contribution in [1.82, 2.24) is 5.32 Å². The summed E-state index contributed by atoms with van der Waals surface area (Å²) in [5.74, 6) is 0.390. The Hall–Kier alpha value is -0.770. The Morgan fingerprint density at radius 1 is 1.24 bits per heavy atom. The lowest BCUT2D eigenvalue weighted by Gasteiger charge is -2.32. The fourth-order valence-electron chi connectivity index (χ4n) is 1.45. The summed E-state index contributed by atoms with van der Waals surface area (Å²) in [6, 6.07) is -0.308. The minimum atomic E-state index is -0.957. The van der Waals surface area contributed by atoms with Crippen molar-refractivity contribution in [3.05, 3.63) is 0 Å². The first-order valence-corrected chi connectivity index (χ1v) is 6.13. The van der Waals surface area contributed by atoms with Crippen molar-refractivity contribution in [2.24, 2.45) is 5.92 Å². The molecule has 0 aromatic heterocycles. The van der Waals surface area contributed by atoms with Crippen molar-refractivity contribution < 1.29 is 14.6 Å². The molecule has 0 aliphatic rings. The van der Waals surface area contributed by atoms with Gasteiger partial charge in [0.15, 0.2) is 0 Å². The second-order valence-corrected chi connectivity index (χ2v) is 6.48. The van der Waals surface area contributed by atoms with Crippen LogP contribution in [0.4, 0.5) is 4.79 Å². The average molecular weight is 245 g/mol. The van der Waals surface area contributed by atoms with E-state index in [9.17, 15) is 9.90 Å². The molecule has 0 aliphatic carbocycles. The fourth-order valence-corrected chi connectivity index (χ4v) is 1.45. The van der Waals surface area contributed by atoms with Crippen LogP contribution in [-0.4, -0.2) is 28.4 Å². The van der Waals surface area contributed by atoms with E-state index in [1.807, 2.05) is 20.8 Å². The topological polar surface area (TPSA) is 58.6 Å². The maximum atomic E-state index is 11.7. The summed E-state index contributed by atoms with van der Waals surface area (Å²) in [6.07, 6.45) is 0.230. The van der Waals surface area contributed by atoms with Crippen LogP contribution in [-0.2, 0) is 4.74 Å². The zero-order valence-electron chi connectivity index (χ0n) is 12.1. The number of amides is 1. The lowest BCUT2D eigenvalue weighted by atomic mass is 9.91. The molecular weight excluding hydrogens is 218 g/mol. The second kappa shape index (κ2) is 5.71. The van der Waals surface area contributed by atoms with Crippen molar-refractivity contribution in [3.8, 4) is 0 Å². The summed E-state index contributed by atoms with van der Waals surface area (Å²) in [5, 5.41) is 12.7. The van der Waals surface area contributed by atoms with E-state index in [2.05, 4.69) is 19.2 Å². The normalized spacial score (nSPS) is 14.6. The van der Waals surface area contributed by atoms with Gasteiger partial charge in [0, 0.05) is 0 Å². The molecule has 1 atom stereocenters. The molecular formula is C13H27NO3. The van der Waals surface area contributed by atoms with E-state index in [0.717, 1.165) is 0 Å². The molecule has 0 fully saturated rings. The molecule has 0 heterocycles. The zero-order valence-corrected chi connectivity index (χ0v) is 12.1. The van der Waals surface area contributed by atoms with Crippen LogP contribution in [0.1, 0.15) is 54.9 Å². The number of aliphatic hydroxyl groups is 1. The molecule has 4 heteroatoms. The highest BCUT2D eigenvalue weighted by atomic mass is 16.6. The molecule has 0 saturated carbocycles. The van der Waals surface area contributed by atoms with Gasteiger partial charge in [0.05, 0.1) is 11.6 Å². The van der Waals surface area contributed by atoms with E-state index in [0.29, 0.717) is 12.3 Å². The number of hydrogen-bond acceptors (Lipinski definition) is 3. The summed E-state index contributed by atoms with van der Waals surface area (Å²) >= 11 is 0. The van der Waals surface area contributed by atoms with Crippen molar-refractivity contribution >= 4 is 6.09 Å². The minimum Gasteiger partial charge on any atom is -0.444 e. The van der Waals surface area contributed by atoms with Crippen LogP contribution < -0.4 is 5.32 Å². The van der Waals surface area contributed by atoms with Gasteiger partial charge in [-0.25, -0.2) is 4.79 Å². The molecule has 17 heavy (non-hydrogen) atoms. The molecule has 0 spiro atoms. The van der Waals surface area contributed by atoms with Crippen molar-refractivity contribution in [1.29, 1.82) is 0 Å². The van der Waals surface area contributed by atoms with Gasteiger partial charge in [-0.1, -0.05) is 13.8 Å². The van der Waals surface area contributed by atoms with E-state index in [4.69, 9.17) is 4.74 Å². The van der Waals surface area contributed by atoms with E-state index >= 15 is 0 Å². The summed E-state index contributed by atoms with van der Waals surface area (Å²) in [4.78, 5) is 11.7. The molecule has 0 bridgehead atoms. The highest BCUT2D eigenvalue weighted by molar-refractivity contribution is 5.68. The van der Waals surface area contributed by atoms with E-state index in [1.54, 1.807) is 13.8 Å². The number of alkyl carbamates (subject to hydrolysis) is 1. The highest BCUT2D eigenvalue weighted by Crippen LogP contribution is 2.17. The van der Waals surface area contributed by atoms with Gasteiger partial charge in [0.1, 0.15) is 5.60 Å². The molecule has 0 aromatic rings. The van der Waals surface area contributed by atoms with Gasteiger partial charge in [-0.3, -0.25) is 0 Å². The third-order valence-electron chi connectivity index (χ3n) is 2.25. The number of rotatable bonds is 4. The SMILES string of the molecule is CC(C)C[C@@H](NC(=O)OC(C)(C)C)C(C)(C)O. The summed E-state index contributed by atoms with van der Waals surface area (Å²) in [7, 11) is 0. The monoisotopic (exact) mass is 245 g/mol. The number of carbonyl (C=O) groups excluding carboxylic acids is 1. The van der Waals surface area contributed by atoms with Gasteiger partial charge in [0.2, 0.25) is 0 Å². The van der Waals surface area contributed by atoms with Gasteiger partial charge in [0.25, 0.3) is 0 Å².